The van der Waals surface area contributed by atoms with Crippen LogP contribution < -0.4 is 10.5 Å². The average molecular weight is 247 g/mol. The molecule has 1 aliphatic rings. The molecule has 2 unspecified atom stereocenters. The van der Waals surface area contributed by atoms with Gasteiger partial charge in [-0.05, 0) is 43.7 Å². The predicted molar refractivity (Wildman–Crippen MR) is 75.7 cm³/mol. The van der Waals surface area contributed by atoms with Gasteiger partial charge in [-0.25, -0.2) is 0 Å². The molecular weight excluding hydrogens is 222 g/mol. The summed E-state index contributed by atoms with van der Waals surface area (Å²) in [6.07, 6.45) is 6.72. The van der Waals surface area contributed by atoms with E-state index in [2.05, 4.69) is 32.0 Å². The topological polar surface area (TPSA) is 35.2 Å². The van der Waals surface area contributed by atoms with Crippen molar-refractivity contribution in [3.63, 3.8) is 0 Å². The molecule has 0 aliphatic heterocycles. The molecule has 0 bridgehead atoms. The zero-order valence-electron chi connectivity index (χ0n) is 11.6. The van der Waals surface area contributed by atoms with Crippen molar-refractivity contribution in [3.05, 3.63) is 29.3 Å². The number of benzene rings is 1. The molecule has 0 amide bonds. The minimum Gasteiger partial charge on any atom is -0.490 e. The van der Waals surface area contributed by atoms with Crippen LogP contribution in [0.3, 0.4) is 0 Å². The summed E-state index contributed by atoms with van der Waals surface area (Å²) in [6.45, 7) is 4.94. The largest absolute Gasteiger partial charge is 0.490 e. The minimum atomic E-state index is 0.385. The van der Waals surface area contributed by atoms with E-state index in [4.69, 9.17) is 10.5 Å². The van der Waals surface area contributed by atoms with Gasteiger partial charge in [0.15, 0.2) is 0 Å². The van der Waals surface area contributed by atoms with Gasteiger partial charge in [-0.3, -0.25) is 0 Å². The molecule has 2 heteroatoms. The molecular formula is C16H25NO. The van der Waals surface area contributed by atoms with Gasteiger partial charge in [-0.2, -0.15) is 0 Å². The molecule has 2 atom stereocenters. The van der Waals surface area contributed by atoms with Crippen LogP contribution in [-0.4, -0.2) is 6.10 Å². The molecule has 0 radical (unpaired) electrons. The van der Waals surface area contributed by atoms with Crippen molar-refractivity contribution in [1.29, 1.82) is 0 Å². The highest BCUT2D eigenvalue weighted by Crippen LogP contribution is 2.31. The maximum absolute atomic E-state index is 6.21. The quantitative estimate of drug-likeness (QED) is 0.878. The second-order valence-electron chi connectivity index (χ2n) is 5.50. The zero-order chi connectivity index (χ0) is 13.0. The summed E-state index contributed by atoms with van der Waals surface area (Å²) in [5.41, 5.74) is 8.14. The van der Waals surface area contributed by atoms with Crippen LogP contribution in [0.2, 0.25) is 0 Å². The van der Waals surface area contributed by atoms with Crippen molar-refractivity contribution >= 4 is 0 Å². The van der Waals surface area contributed by atoms with Gasteiger partial charge in [0.1, 0.15) is 5.75 Å². The monoisotopic (exact) mass is 247 g/mol. The number of ether oxygens (including phenoxy) is 1. The lowest BCUT2D eigenvalue weighted by Crippen LogP contribution is -2.25. The standard InChI is InChI=1S/C16H25NO/c1-3-13-5-4-6-15(10-13)18-16-9-12(2)7-8-14(16)11-17/h7-9,13,15H,3-6,10-11,17H2,1-2H3. The van der Waals surface area contributed by atoms with Crippen LogP contribution in [0.25, 0.3) is 0 Å². The molecule has 2 nitrogen and oxygen atoms in total. The lowest BCUT2D eigenvalue weighted by Gasteiger charge is -2.29. The Bertz CT molecular complexity index is 389. The number of hydrogen-bond donors (Lipinski definition) is 1. The molecule has 0 saturated heterocycles. The van der Waals surface area contributed by atoms with Crippen LogP contribution in [-0.2, 0) is 6.54 Å². The van der Waals surface area contributed by atoms with E-state index in [1.54, 1.807) is 0 Å². The van der Waals surface area contributed by atoms with E-state index in [0.717, 1.165) is 17.2 Å². The van der Waals surface area contributed by atoms with Gasteiger partial charge in [-0.15, -0.1) is 0 Å². The van der Waals surface area contributed by atoms with E-state index >= 15 is 0 Å². The van der Waals surface area contributed by atoms with E-state index in [1.165, 1.54) is 37.7 Å². The highest BCUT2D eigenvalue weighted by molar-refractivity contribution is 5.37. The van der Waals surface area contributed by atoms with Crippen LogP contribution in [0.15, 0.2) is 18.2 Å². The second-order valence-corrected chi connectivity index (χ2v) is 5.50. The van der Waals surface area contributed by atoms with Gasteiger partial charge < -0.3 is 10.5 Å². The summed E-state index contributed by atoms with van der Waals surface area (Å²) >= 11 is 0. The Morgan fingerprint density at radius 3 is 2.89 bits per heavy atom. The summed E-state index contributed by atoms with van der Waals surface area (Å²) in [4.78, 5) is 0. The summed E-state index contributed by atoms with van der Waals surface area (Å²) < 4.78 is 6.21. The SMILES string of the molecule is CCC1CCCC(Oc2cc(C)ccc2CN)C1. The van der Waals surface area contributed by atoms with Gasteiger partial charge >= 0.3 is 0 Å². The van der Waals surface area contributed by atoms with Crippen LogP contribution in [0.5, 0.6) is 5.75 Å². The molecule has 1 aromatic carbocycles. The fourth-order valence-electron chi connectivity index (χ4n) is 2.84. The fraction of sp³-hybridized carbons (Fsp3) is 0.625. The van der Waals surface area contributed by atoms with Gasteiger partial charge in [0, 0.05) is 12.1 Å². The van der Waals surface area contributed by atoms with Crippen molar-refractivity contribution in [2.45, 2.75) is 58.6 Å². The van der Waals surface area contributed by atoms with E-state index in [9.17, 15) is 0 Å². The number of nitrogens with two attached hydrogens (primary N) is 1. The Balaban J connectivity index is 2.06. The molecule has 1 aromatic rings. The van der Waals surface area contributed by atoms with Gasteiger partial charge in [-0.1, -0.05) is 31.9 Å². The normalized spacial score (nSPS) is 23.9. The first-order valence-corrected chi connectivity index (χ1v) is 7.19. The zero-order valence-corrected chi connectivity index (χ0v) is 11.6. The lowest BCUT2D eigenvalue weighted by molar-refractivity contribution is 0.121. The number of aryl methyl sites for hydroxylation is 1. The van der Waals surface area contributed by atoms with E-state index in [0.29, 0.717) is 12.6 Å². The first-order chi connectivity index (χ1) is 8.72. The van der Waals surface area contributed by atoms with Crippen molar-refractivity contribution in [2.75, 3.05) is 0 Å². The molecule has 0 heterocycles. The van der Waals surface area contributed by atoms with Crippen LogP contribution in [0.4, 0.5) is 0 Å². The smallest absolute Gasteiger partial charge is 0.124 e. The maximum atomic E-state index is 6.21. The predicted octanol–water partition coefficient (Wildman–Crippen LogP) is 3.80. The summed E-state index contributed by atoms with van der Waals surface area (Å²) in [5.74, 6) is 1.84. The average Bonchev–Trinajstić information content (AvgIpc) is 2.39. The Morgan fingerprint density at radius 1 is 1.33 bits per heavy atom. The Morgan fingerprint density at radius 2 is 2.17 bits per heavy atom. The molecule has 0 aromatic heterocycles. The molecule has 2 N–H and O–H groups in total. The Hall–Kier alpha value is -1.02. The van der Waals surface area contributed by atoms with Gasteiger partial charge in [0.25, 0.3) is 0 Å². The first-order valence-electron chi connectivity index (χ1n) is 7.19. The third kappa shape index (κ3) is 3.26. The van der Waals surface area contributed by atoms with Crippen molar-refractivity contribution in [3.8, 4) is 5.75 Å². The lowest BCUT2D eigenvalue weighted by atomic mass is 9.85. The third-order valence-corrected chi connectivity index (χ3v) is 4.05. The summed E-state index contributed by atoms with van der Waals surface area (Å²) in [5, 5.41) is 0. The molecule has 18 heavy (non-hydrogen) atoms. The molecule has 1 aliphatic carbocycles. The third-order valence-electron chi connectivity index (χ3n) is 4.05. The highest BCUT2D eigenvalue weighted by Gasteiger charge is 2.22. The Labute approximate surface area is 111 Å². The number of hydrogen-bond acceptors (Lipinski definition) is 2. The summed E-state index contributed by atoms with van der Waals surface area (Å²) in [6, 6.07) is 6.31. The van der Waals surface area contributed by atoms with Crippen molar-refractivity contribution in [2.24, 2.45) is 11.7 Å². The Kier molecular flexibility index (Phi) is 4.65. The van der Waals surface area contributed by atoms with Crippen LogP contribution >= 0.6 is 0 Å². The first kappa shape index (κ1) is 13.4. The summed E-state index contributed by atoms with van der Waals surface area (Å²) in [7, 11) is 0. The van der Waals surface area contributed by atoms with Gasteiger partial charge in [0.2, 0.25) is 0 Å². The molecule has 1 fully saturated rings. The van der Waals surface area contributed by atoms with E-state index in [-0.39, 0.29) is 0 Å². The van der Waals surface area contributed by atoms with Gasteiger partial charge in [0.05, 0.1) is 6.10 Å². The van der Waals surface area contributed by atoms with Crippen molar-refractivity contribution in [1.82, 2.24) is 0 Å². The number of rotatable bonds is 4. The minimum absolute atomic E-state index is 0.385. The highest BCUT2D eigenvalue weighted by atomic mass is 16.5. The second kappa shape index (κ2) is 6.24. The molecule has 100 valence electrons. The van der Waals surface area contributed by atoms with Crippen LogP contribution in [0.1, 0.15) is 50.2 Å². The fourth-order valence-corrected chi connectivity index (χ4v) is 2.84. The molecule has 2 rings (SSSR count). The molecule has 1 saturated carbocycles. The van der Waals surface area contributed by atoms with E-state index in [1.807, 2.05) is 0 Å². The van der Waals surface area contributed by atoms with Crippen LogP contribution in [0, 0.1) is 12.8 Å². The van der Waals surface area contributed by atoms with Crippen molar-refractivity contribution < 1.29 is 4.74 Å². The van der Waals surface area contributed by atoms with E-state index < -0.39 is 0 Å². The molecule has 0 spiro atoms. The maximum Gasteiger partial charge on any atom is 0.124 e.